The Kier molecular flexibility index (Phi) is 4.79. The largest absolute Gasteiger partial charge is 0.461 e. The average Bonchev–Trinajstić information content (AvgIpc) is 3.01. The lowest BCUT2D eigenvalue weighted by Gasteiger charge is -2.08. The van der Waals surface area contributed by atoms with Crippen molar-refractivity contribution in [1.82, 2.24) is 4.98 Å². The second-order valence-electron chi connectivity index (χ2n) is 5.71. The molecule has 1 N–H and O–H groups in total. The van der Waals surface area contributed by atoms with E-state index in [-0.39, 0.29) is 19.0 Å². The maximum absolute atomic E-state index is 12.5. The van der Waals surface area contributed by atoms with Gasteiger partial charge >= 0.3 is 12.1 Å². The second-order valence-corrected chi connectivity index (χ2v) is 5.71. The summed E-state index contributed by atoms with van der Waals surface area (Å²) in [5.41, 5.74) is 1.84. The molecule has 0 aliphatic carbocycles. The first-order valence-electron chi connectivity index (χ1n) is 7.80. The summed E-state index contributed by atoms with van der Waals surface area (Å²) in [7, 11) is 0. The van der Waals surface area contributed by atoms with Gasteiger partial charge in [0, 0.05) is 23.5 Å². The summed E-state index contributed by atoms with van der Waals surface area (Å²) in [4.78, 5) is 15.0. The average molecular weight is 347 g/mol. The van der Waals surface area contributed by atoms with E-state index in [0.29, 0.717) is 12.0 Å². The number of carbonyl (C=O) groups is 1. The normalized spacial score (nSPS) is 11.6. The van der Waals surface area contributed by atoms with Gasteiger partial charge in [-0.2, -0.15) is 13.2 Å². The van der Waals surface area contributed by atoms with Crippen LogP contribution in [0.5, 0.6) is 0 Å². The fraction of sp³-hybridized carbons (Fsp3) is 0.211. The number of aromatic amines is 1. The number of H-pyrrole nitrogens is 1. The van der Waals surface area contributed by atoms with Crippen LogP contribution in [0.1, 0.15) is 23.1 Å². The van der Waals surface area contributed by atoms with E-state index in [1.54, 1.807) is 0 Å². The van der Waals surface area contributed by atoms with Gasteiger partial charge in [0.2, 0.25) is 0 Å². The maximum Gasteiger partial charge on any atom is 0.416 e. The molecule has 0 unspecified atom stereocenters. The zero-order valence-corrected chi connectivity index (χ0v) is 13.3. The summed E-state index contributed by atoms with van der Waals surface area (Å²) in [5, 5.41) is 1.07. The number of hydrogen-bond donors (Lipinski definition) is 1. The van der Waals surface area contributed by atoms with E-state index in [2.05, 4.69) is 4.98 Å². The number of fused-ring (bicyclic) bond motifs is 1. The van der Waals surface area contributed by atoms with E-state index >= 15 is 0 Å². The number of halogens is 3. The molecular formula is C19H16F3NO2. The van der Waals surface area contributed by atoms with Crippen LogP contribution in [-0.4, -0.2) is 11.0 Å². The predicted octanol–water partition coefficient (Wildman–Crippen LogP) is 4.86. The standard InChI is InChI=1S/C19H16F3NO2/c20-19(21,22)15-8-5-13(6-9-15)12-25-18(24)10-7-14-11-23-17-4-2-1-3-16(14)17/h1-6,8-9,11,23H,7,10,12H2. The Morgan fingerprint density at radius 1 is 1.04 bits per heavy atom. The predicted molar refractivity (Wildman–Crippen MR) is 87.9 cm³/mol. The third-order valence-corrected chi connectivity index (χ3v) is 3.95. The van der Waals surface area contributed by atoms with Crippen molar-refractivity contribution in [1.29, 1.82) is 0 Å². The van der Waals surface area contributed by atoms with Crippen molar-refractivity contribution >= 4 is 16.9 Å². The van der Waals surface area contributed by atoms with E-state index in [9.17, 15) is 18.0 Å². The minimum atomic E-state index is -4.37. The fourth-order valence-corrected chi connectivity index (χ4v) is 2.60. The molecule has 1 heterocycles. The van der Waals surface area contributed by atoms with Crippen LogP contribution in [0.15, 0.2) is 54.7 Å². The van der Waals surface area contributed by atoms with Gasteiger partial charge in [0.15, 0.2) is 0 Å². The summed E-state index contributed by atoms with van der Waals surface area (Å²) in [6, 6.07) is 12.4. The molecule has 0 atom stereocenters. The Balaban J connectivity index is 1.51. The monoisotopic (exact) mass is 347 g/mol. The smallest absolute Gasteiger partial charge is 0.416 e. The van der Waals surface area contributed by atoms with Crippen molar-refractivity contribution in [3.8, 4) is 0 Å². The minimum Gasteiger partial charge on any atom is -0.461 e. The van der Waals surface area contributed by atoms with E-state index in [0.717, 1.165) is 28.6 Å². The number of rotatable bonds is 5. The lowest BCUT2D eigenvalue weighted by atomic mass is 10.1. The van der Waals surface area contributed by atoms with Crippen LogP contribution in [-0.2, 0) is 28.7 Å². The van der Waals surface area contributed by atoms with E-state index in [1.165, 1.54) is 12.1 Å². The number of hydrogen-bond acceptors (Lipinski definition) is 2. The fourth-order valence-electron chi connectivity index (χ4n) is 2.60. The van der Waals surface area contributed by atoms with Crippen LogP contribution in [0.4, 0.5) is 13.2 Å². The highest BCUT2D eigenvalue weighted by Crippen LogP contribution is 2.29. The van der Waals surface area contributed by atoms with Gasteiger partial charge < -0.3 is 9.72 Å². The lowest BCUT2D eigenvalue weighted by Crippen LogP contribution is -2.07. The van der Waals surface area contributed by atoms with Crippen molar-refractivity contribution in [2.24, 2.45) is 0 Å². The molecule has 0 saturated heterocycles. The topological polar surface area (TPSA) is 42.1 Å². The van der Waals surface area contributed by atoms with Gasteiger partial charge in [-0.25, -0.2) is 0 Å². The van der Waals surface area contributed by atoms with Gasteiger partial charge in [-0.15, -0.1) is 0 Å². The summed E-state index contributed by atoms with van der Waals surface area (Å²) in [5.74, 6) is -0.384. The molecule has 130 valence electrons. The first kappa shape index (κ1) is 17.1. The molecule has 0 amide bonds. The van der Waals surface area contributed by atoms with E-state index in [1.807, 2.05) is 30.5 Å². The molecule has 0 bridgehead atoms. The highest BCUT2D eigenvalue weighted by molar-refractivity contribution is 5.83. The molecule has 3 nitrogen and oxygen atoms in total. The van der Waals surface area contributed by atoms with Crippen molar-refractivity contribution in [3.05, 3.63) is 71.4 Å². The molecule has 3 aromatic rings. The summed E-state index contributed by atoms with van der Waals surface area (Å²) in [6.07, 6.45) is -1.75. The third kappa shape index (κ3) is 4.21. The van der Waals surface area contributed by atoms with Gasteiger partial charge in [-0.1, -0.05) is 30.3 Å². The van der Waals surface area contributed by atoms with Crippen LogP contribution >= 0.6 is 0 Å². The van der Waals surface area contributed by atoms with E-state index in [4.69, 9.17) is 4.74 Å². The Labute approximate surface area is 142 Å². The molecule has 0 radical (unpaired) electrons. The Bertz CT molecular complexity index is 866. The highest BCUT2D eigenvalue weighted by Gasteiger charge is 2.29. The molecule has 25 heavy (non-hydrogen) atoms. The second kappa shape index (κ2) is 7.01. The Morgan fingerprint density at radius 3 is 2.48 bits per heavy atom. The molecule has 0 spiro atoms. The van der Waals surface area contributed by atoms with Crippen molar-refractivity contribution in [2.45, 2.75) is 25.6 Å². The van der Waals surface area contributed by atoms with Gasteiger partial charge in [0.25, 0.3) is 0 Å². The molecule has 0 aliphatic rings. The molecule has 0 fully saturated rings. The number of esters is 1. The SMILES string of the molecule is O=C(CCc1c[nH]c2ccccc12)OCc1ccc(C(F)(F)F)cc1. The van der Waals surface area contributed by atoms with Crippen molar-refractivity contribution in [3.63, 3.8) is 0 Å². The number of para-hydroxylation sites is 1. The number of aromatic nitrogens is 1. The minimum absolute atomic E-state index is 0.0369. The first-order valence-corrected chi connectivity index (χ1v) is 7.80. The number of benzene rings is 2. The lowest BCUT2D eigenvalue weighted by molar-refractivity contribution is -0.145. The number of nitrogens with one attached hydrogen (secondary N) is 1. The molecule has 0 saturated carbocycles. The van der Waals surface area contributed by atoms with Crippen LogP contribution in [0.3, 0.4) is 0 Å². The summed E-state index contributed by atoms with van der Waals surface area (Å²) in [6.45, 7) is -0.0369. The zero-order chi connectivity index (χ0) is 17.9. The highest BCUT2D eigenvalue weighted by atomic mass is 19.4. The van der Waals surface area contributed by atoms with Crippen LogP contribution in [0.25, 0.3) is 10.9 Å². The van der Waals surface area contributed by atoms with Crippen molar-refractivity contribution < 1.29 is 22.7 Å². The van der Waals surface area contributed by atoms with Gasteiger partial charge in [-0.3, -0.25) is 4.79 Å². The molecule has 6 heteroatoms. The molecule has 0 aliphatic heterocycles. The molecular weight excluding hydrogens is 331 g/mol. The number of aryl methyl sites for hydroxylation is 1. The van der Waals surface area contributed by atoms with Crippen LogP contribution in [0.2, 0.25) is 0 Å². The Morgan fingerprint density at radius 2 is 1.76 bits per heavy atom. The van der Waals surface area contributed by atoms with Gasteiger partial charge in [0.1, 0.15) is 6.61 Å². The quantitative estimate of drug-likeness (QED) is 0.670. The zero-order valence-electron chi connectivity index (χ0n) is 13.3. The number of alkyl halides is 3. The van der Waals surface area contributed by atoms with Gasteiger partial charge in [0.05, 0.1) is 5.56 Å². The molecule has 2 aromatic carbocycles. The van der Waals surface area contributed by atoms with Crippen LogP contribution < -0.4 is 0 Å². The number of ether oxygens (including phenoxy) is 1. The van der Waals surface area contributed by atoms with Gasteiger partial charge in [-0.05, 0) is 35.7 Å². The maximum atomic E-state index is 12.5. The Hall–Kier alpha value is -2.76. The summed E-state index contributed by atoms with van der Waals surface area (Å²) < 4.78 is 42.6. The summed E-state index contributed by atoms with van der Waals surface area (Å²) >= 11 is 0. The third-order valence-electron chi connectivity index (χ3n) is 3.95. The van der Waals surface area contributed by atoms with Crippen LogP contribution in [0, 0.1) is 0 Å². The molecule has 1 aromatic heterocycles. The first-order chi connectivity index (χ1) is 11.9. The number of carbonyl (C=O) groups excluding carboxylic acids is 1. The van der Waals surface area contributed by atoms with E-state index < -0.39 is 11.7 Å². The molecule has 3 rings (SSSR count). The van der Waals surface area contributed by atoms with Crippen molar-refractivity contribution in [2.75, 3.05) is 0 Å².